The van der Waals surface area contributed by atoms with Crippen molar-refractivity contribution in [1.82, 2.24) is 0 Å². The lowest BCUT2D eigenvalue weighted by Gasteiger charge is -2.10. The Kier molecular flexibility index (Phi) is 3.94. The summed E-state index contributed by atoms with van der Waals surface area (Å²) in [6.07, 6.45) is 6.86. The van der Waals surface area contributed by atoms with Gasteiger partial charge in [0.15, 0.2) is 0 Å². The topological polar surface area (TPSA) is 0 Å². The van der Waals surface area contributed by atoms with Crippen LogP contribution in [-0.4, -0.2) is 0 Å². The zero-order chi connectivity index (χ0) is 10.4. The first-order chi connectivity index (χ1) is 6.58. The zero-order valence-corrected chi connectivity index (χ0v) is 9.46. The van der Waals surface area contributed by atoms with Gasteiger partial charge >= 0.3 is 0 Å². The molecule has 0 aliphatic carbocycles. The van der Waals surface area contributed by atoms with E-state index in [0.717, 1.165) is 12.8 Å². The molecular formula is C14H20. The average molecular weight is 188 g/mol. The Morgan fingerprint density at radius 1 is 1.07 bits per heavy atom. The standard InChI is InChI=1S/C14H20/c1-14(2,3)12-8-7-11-13-9-5-4-6-10-13/h4-6,8-10,12H,7,11H2,1-3H3/b12-8+. The molecule has 0 fully saturated rings. The lowest BCUT2D eigenvalue weighted by Crippen LogP contribution is -1.98. The van der Waals surface area contributed by atoms with Gasteiger partial charge in [0.05, 0.1) is 0 Å². The van der Waals surface area contributed by atoms with Crippen molar-refractivity contribution in [2.45, 2.75) is 33.6 Å². The molecule has 0 aliphatic heterocycles. The molecule has 0 radical (unpaired) electrons. The van der Waals surface area contributed by atoms with Crippen LogP contribution >= 0.6 is 0 Å². The first-order valence-electron chi connectivity index (χ1n) is 5.29. The summed E-state index contributed by atoms with van der Waals surface area (Å²) in [6, 6.07) is 10.6. The van der Waals surface area contributed by atoms with Gasteiger partial charge in [0.2, 0.25) is 0 Å². The van der Waals surface area contributed by atoms with E-state index >= 15 is 0 Å². The van der Waals surface area contributed by atoms with E-state index in [1.807, 2.05) is 0 Å². The lowest BCUT2D eigenvalue weighted by molar-refractivity contribution is 0.542. The second kappa shape index (κ2) is 4.99. The smallest absolute Gasteiger partial charge is 0.0203 e. The minimum atomic E-state index is 0.316. The van der Waals surface area contributed by atoms with Gasteiger partial charge in [-0.15, -0.1) is 0 Å². The summed E-state index contributed by atoms with van der Waals surface area (Å²) >= 11 is 0. The van der Waals surface area contributed by atoms with E-state index in [0.29, 0.717) is 5.41 Å². The van der Waals surface area contributed by atoms with Crippen molar-refractivity contribution in [3.05, 3.63) is 48.0 Å². The summed E-state index contributed by atoms with van der Waals surface area (Å²) in [7, 11) is 0. The van der Waals surface area contributed by atoms with Gasteiger partial charge in [-0.1, -0.05) is 63.3 Å². The van der Waals surface area contributed by atoms with Crippen LogP contribution in [0.25, 0.3) is 0 Å². The molecule has 1 aromatic carbocycles. The summed E-state index contributed by atoms with van der Waals surface area (Å²) in [6.45, 7) is 6.68. The molecule has 0 saturated heterocycles. The maximum absolute atomic E-state index is 2.29. The van der Waals surface area contributed by atoms with E-state index in [4.69, 9.17) is 0 Å². The average Bonchev–Trinajstić information content (AvgIpc) is 2.13. The van der Waals surface area contributed by atoms with Crippen LogP contribution < -0.4 is 0 Å². The van der Waals surface area contributed by atoms with Crippen LogP contribution in [0.1, 0.15) is 32.8 Å². The maximum Gasteiger partial charge on any atom is -0.0203 e. The van der Waals surface area contributed by atoms with Gasteiger partial charge in [-0.05, 0) is 23.8 Å². The number of rotatable bonds is 3. The minimum Gasteiger partial charge on any atom is -0.0877 e. The number of hydrogen-bond donors (Lipinski definition) is 0. The molecule has 0 aromatic heterocycles. The van der Waals surface area contributed by atoms with E-state index in [1.54, 1.807) is 0 Å². The highest BCUT2D eigenvalue weighted by Gasteiger charge is 2.02. The highest BCUT2D eigenvalue weighted by molar-refractivity contribution is 5.15. The van der Waals surface area contributed by atoms with Crippen molar-refractivity contribution in [2.24, 2.45) is 5.41 Å². The van der Waals surface area contributed by atoms with Crippen LogP contribution in [0.4, 0.5) is 0 Å². The largest absolute Gasteiger partial charge is 0.0877 e. The van der Waals surface area contributed by atoms with Gasteiger partial charge in [-0.25, -0.2) is 0 Å². The molecule has 1 rings (SSSR count). The number of hydrogen-bond acceptors (Lipinski definition) is 0. The third-order valence-corrected chi connectivity index (χ3v) is 2.06. The van der Waals surface area contributed by atoms with Gasteiger partial charge < -0.3 is 0 Å². The third-order valence-electron chi connectivity index (χ3n) is 2.06. The van der Waals surface area contributed by atoms with E-state index < -0.39 is 0 Å². The molecule has 0 aliphatic rings. The van der Waals surface area contributed by atoms with E-state index in [1.165, 1.54) is 5.56 Å². The predicted molar refractivity (Wildman–Crippen MR) is 63.4 cm³/mol. The lowest BCUT2D eigenvalue weighted by atomic mass is 9.95. The molecule has 0 amide bonds. The summed E-state index contributed by atoms with van der Waals surface area (Å²) < 4.78 is 0. The van der Waals surface area contributed by atoms with Crippen LogP contribution in [0.2, 0.25) is 0 Å². The van der Waals surface area contributed by atoms with Crippen molar-refractivity contribution in [3.63, 3.8) is 0 Å². The van der Waals surface area contributed by atoms with Gasteiger partial charge in [-0.3, -0.25) is 0 Å². The van der Waals surface area contributed by atoms with Crippen LogP contribution in [0.5, 0.6) is 0 Å². The Labute approximate surface area is 87.7 Å². The zero-order valence-electron chi connectivity index (χ0n) is 9.46. The summed E-state index contributed by atoms with van der Waals surface area (Å²) in [5, 5.41) is 0. The van der Waals surface area contributed by atoms with E-state index in [9.17, 15) is 0 Å². The van der Waals surface area contributed by atoms with Gasteiger partial charge in [0, 0.05) is 0 Å². The van der Waals surface area contributed by atoms with Gasteiger partial charge in [0.25, 0.3) is 0 Å². The van der Waals surface area contributed by atoms with E-state index in [-0.39, 0.29) is 0 Å². The molecule has 1 aromatic rings. The first kappa shape index (κ1) is 11.0. The minimum absolute atomic E-state index is 0.316. The predicted octanol–water partition coefficient (Wildman–Crippen LogP) is 4.22. The molecule has 14 heavy (non-hydrogen) atoms. The molecule has 76 valence electrons. The number of aryl methyl sites for hydroxylation is 1. The highest BCUT2D eigenvalue weighted by Crippen LogP contribution is 2.15. The monoisotopic (exact) mass is 188 g/mol. The normalized spacial score (nSPS) is 12.2. The molecule has 0 heteroatoms. The molecule has 0 bridgehead atoms. The molecule has 0 N–H and O–H groups in total. The second-order valence-electron chi connectivity index (χ2n) is 4.79. The molecule has 0 heterocycles. The van der Waals surface area contributed by atoms with Crippen molar-refractivity contribution in [2.75, 3.05) is 0 Å². The van der Waals surface area contributed by atoms with Crippen LogP contribution in [0.15, 0.2) is 42.5 Å². The maximum atomic E-state index is 2.29. The third kappa shape index (κ3) is 4.86. The second-order valence-corrected chi connectivity index (χ2v) is 4.79. The summed E-state index contributed by atoms with van der Waals surface area (Å²) in [5.41, 5.74) is 1.74. The molecule has 0 unspecified atom stereocenters. The molecule has 0 atom stereocenters. The molecule has 0 spiro atoms. The van der Waals surface area contributed by atoms with Crippen molar-refractivity contribution >= 4 is 0 Å². The Bertz CT molecular complexity index is 275. The summed E-state index contributed by atoms with van der Waals surface area (Å²) in [5.74, 6) is 0. The van der Waals surface area contributed by atoms with Gasteiger partial charge in [-0.2, -0.15) is 0 Å². The van der Waals surface area contributed by atoms with Crippen molar-refractivity contribution in [3.8, 4) is 0 Å². The molecular weight excluding hydrogens is 168 g/mol. The van der Waals surface area contributed by atoms with Crippen molar-refractivity contribution < 1.29 is 0 Å². The van der Waals surface area contributed by atoms with Crippen LogP contribution in [-0.2, 0) is 6.42 Å². The molecule has 0 saturated carbocycles. The Hall–Kier alpha value is -1.04. The Balaban J connectivity index is 2.33. The number of benzene rings is 1. The van der Waals surface area contributed by atoms with E-state index in [2.05, 4.69) is 63.3 Å². The first-order valence-corrected chi connectivity index (χ1v) is 5.29. The van der Waals surface area contributed by atoms with Crippen molar-refractivity contribution in [1.29, 1.82) is 0 Å². The fourth-order valence-electron chi connectivity index (χ4n) is 1.33. The highest BCUT2D eigenvalue weighted by atomic mass is 14.1. The van der Waals surface area contributed by atoms with Crippen LogP contribution in [0, 0.1) is 5.41 Å². The Morgan fingerprint density at radius 3 is 2.29 bits per heavy atom. The number of allylic oxidation sites excluding steroid dienone is 2. The fraction of sp³-hybridized carbons (Fsp3) is 0.429. The van der Waals surface area contributed by atoms with Gasteiger partial charge in [0.1, 0.15) is 0 Å². The summed E-state index contributed by atoms with van der Waals surface area (Å²) in [4.78, 5) is 0. The SMILES string of the molecule is CC(C)(C)/C=C/CCc1ccccc1. The fourth-order valence-corrected chi connectivity index (χ4v) is 1.33. The quantitative estimate of drug-likeness (QED) is 0.623. The van der Waals surface area contributed by atoms with Crippen LogP contribution in [0.3, 0.4) is 0 Å². The Morgan fingerprint density at radius 2 is 1.71 bits per heavy atom. The molecule has 0 nitrogen and oxygen atoms in total.